The molecule has 9 nitrogen and oxygen atoms in total. The lowest BCUT2D eigenvalue weighted by Crippen LogP contribution is -2.35. The lowest BCUT2D eigenvalue weighted by molar-refractivity contribution is -0.153. The number of hydrogen-bond donors (Lipinski definition) is 2. The van der Waals surface area contributed by atoms with Crippen molar-refractivity contribution < 1.29 is 28.7 Å². The van der Waals surface area contributed by atoms with Gasteiger partial charge in [-0.05, 0) is 146 Å². The van der Waals surface area contributed by atoms with Crippen molar-refractivity contribution in [3.8, 4) is 0 Å². The number of carbonyl (C=O) groups is 4. The molecule has 2 aliphatic heterocycles. The summed E-state index contributed by atoms with van der Waals surface area (Å²) in [7, 11) is 0. The molecule has 6 aromatic rings. The molecule has 13 heteroatoms. The maximum atomic E-state index is 14.1. The van der Waals surface area contributed by atoms with Crippen molar-refractivity contribution in [1.82, 2.24) is 15.6 Å². The van der Waals surface area contributed by atoms with Gasteiger partial charge in [-0.3, -0.25) is 9.59 Å². The van der Waals surface area contributed by atoms with Crippen LogP contribution in [0.25, 0.3) is 20.3 Å². The van der Waals surface area contributed by atoms with Crippen LogP contribution in [-0.4, -0.2) is 28.5 Å². The second-order valence-electron chi connectivity index (χ2n) is 17.3. The van der Waals surface area contributed by atoms with Gasteiger partial charge in [0.25, 0.3) is 0 Å². The number of halogens is 2. The summed E-state index contributed by atoms with van der Waals surface area (Å²) in [5.41, 5.74) is 8.06. The normalized spacial score (nSPS) is 17.6. The molecule has 2 N–H and O–H groups in total. The summed E-state index contributed by atoms with van der Waals surface area (Å²) >= 11 is 12.8. The zero-order valence-corrected chi connectivity index (χ0v) is 41.6. The number of esters is 2. The van der Waals surface area contributed by atoms with Crippen LogP contribution in [0.5, 0.6) is 0 Å². The first-order valence-corrected chi connectivity index (χ1v) is 24.6. The zero-order chi connectivity index (χ0) is 47.0. The van der Waals surface area contributed by atoms with Crippen LogP contribution in [0, 0.1) is 5.92 Å². The molecule has 2 atom stereocenters. The topological polar surface area (TPSA) is 124 Å². The van der Waals surface area contributed by atoms with E-state index in [0.717, 1.165) is 77.0 Å². The first-order valence-electron chi connectivity index (χ1n) is 21.7. The highest BCUT2D eigenvalue weighted by molar-refractivity contribution is 9.10. The molecule has 0 saturated heterocycles. The lowest BCUT2D eigenvalue weighted by Gasteiger charge is -2.34. The van der Waals surface area contributed by atoms with Crippen LogP contribution in [0.2, 0.25) is 5.02 Å². The number of nitrogens with zero attached hydrogens (tertiary/aromatic N) is 1. The van der Waals surface area contributed by atoms with E-state index < -0.39 is 23.4 Å². The van der Waals surface area contributed by atoms with Gasteiger partial charge in [-0.25, -0.2) is 14.6 Å². The predicted octanol–water partition coefficient (Wildman–Crippen LogP) is 12.9. The first kappa shape index (κ1) is 46.9. The van der Waals surface area contributed by atoms with E-state index >= 15 is 0 Å². The highest BCUT2D eigenvalue weighted by Gasteiger charge is 2.44. The van der Waals surface area contributed by atoms with Gasteiger partial charge in [0.2, 0.25) is 0 Å². The standard InChI is InChI=1S/C29H28BrNO3S.C24H21ClN2O3S/c1-16-23(17(2)32)24(21-15-35-27-20(21)11-8-12-22(27)30)25(26(31-16)18-13-14-18)28(33)34-29(3,4)19-9-6-5-7-10-19;1-13-20(15(3)28)22(19-12-31-23-18(19)8-5-9-26-23)21(14(2)27-13)24(29)30-11-16-6-4-7-17(25)10-16/h5-12,15,18,24,31H,13-14H2,1-4H3;4-10,12,22,27H,11H2,1-3H3. The van der Waals surface area contributed by atoms with E-state index in [1.54, 1.807) is 36.6 Å². The number of thiophene rings is 2. The molecule has 9 rings (SSSR count). The van der Waals surface area contributed by atoms with Gasteiger partial charge in [0.15, 0.2) is 11.6 Å². The summed E-state index contributed by atoms with van der Waals surface area (Å²) in [4.78, 5) is 58.3. The van der Waals surface area contributed by atoms with Gasteiger partial charge < -0.3 is 20.1 Å². The minimum absolute atomic E-state index is 0.0446. The molecule has 1 saturated carbocycles. The largest absolute Gasteiger partial charge is 0.457 e. The fourth-order valence-electron chi connectivity index (χ4n) is 9.01. The third-order valence-corrected chi connectivity index (χ3v) is 15.3. The molecule has 0 radical (unpaired) electrons. The Kier molecular flexibility index (Phi) is 13.7. The predicted molar refractivity (Wildman–Crippen MR) is 267 cm³/mol. The van der Waals surface area contributed by atoms with Crippen molar-refractivity contribution in [2.24, 2.45) is 5.92 Å². The number of pyridine rings is 1. The second kappa shape index (κ2) is 19.3. The Balaban J connectivity index is 0.000000181. The summed E-state index contributed by atoms with van der Waals surface area (Å²) in [6.45, 7) is 12.6. The Labute approximate surface area is 405 Å². The van der Waals surface area contributed by atoms with Gasteiger partial charge in [0, 0.05) is 71.5 Å². The number of ketones is 2. The van der Waals surface area contributed by atoms with Crippen LogP contribution < -0.4 is 10.6 Å². The Morgan fingerprint density at radius 3 is 2.05 bits per heavy atom. The molecule has 0 bridgehead atoms. The highest BCUT2D eigenvalue weighted by atomic mass is 79.9. The van der Waals surface area contributed by atoms with Crippen molar-refractivity contribution in [2.45, 2.75) is 85.4 Å². The molecule has 5 heterocycles. The average Bonchev–Trinajstić information content (AvgIpc) is 3.89. The maximum Gasteiger partial charge on any atom is 0.337 e. The van der Waals surface area contributed by atoms with Gasteiger partial charge in [0.1, 0.15) is 17.0 Å². The Bertz CT molecular complexity index is 3070. The van der Waals surface area contributed by atoms with Gasteiger partial charge in [-0.1, -0.05) is 72.3 Å². The molecule has 1 aliphatic carbocycles. The van der Waals surface area contributed by atoms with Gasteiger partial charge in [0.05, 0.1) is 11.1 Å². The van der Waals surface area contributed by atoms with Crippen molar-refractivity contribution in [1.29, 1.82) is 0 Å². The second-order valence-corrected chi connectivity index (χ2v) is 20.3. The van der Waals surface area contributed by atoms with Gasteiger partial charge in [-0.2, -0.15) is 0 Å². The summed E-state index contributed by atoms with van der Waals surface area (Å²) in [5.74, 6) is -1.71. The van der Waals surface area contributed by atoms with Crippen LogP contribution in [0.1, 0.15) is 95.4 Å². The molecule has 3 aromatic carbocycles. The van der Waals surface area contributed by atoms with E-state index in [1.807, 2.05) is 107 Å². The molecular formula is C53H49BrClN3O6S2. The van der Waals surface area contributed by atoms with E-state index in [-0.39, 0.29) is 30.1 Å². The minimum Gasteiger partial charge on any atom is -0.457 e. The van der Waals surface area contributed by atoms with Gasteiger partial charge >= 0.3 is 11.9 Å². The minimum atomic E-state index is -0.823. The van der Waals surface area contributed by atoms with Crippen LogP contribution >= 0.6 is 50.2 Å². The van der Waals surface area contributed by atoms with Gasteiger partial charge in [-0.15, -0.1) is 22.7 Å². The summed E-state index contributed by atoms with van der Waals surface area (Å²) in [6.07, 6.45) is 3.78. The number of dihydropyridines is 2. The Hall–Kier alpha value is -5.66. The van der Waals surface area contributed by atoms with E-state index in [2.05, 4.69) is 43.0 Å². The first-order chi connectivity index (χ1) is 31.5. The Morgan fingerprint density at radius 1 is 0.742 bits per heavy atom. The molecule has 1 fully saturated rings. The number of carbonyl (C=O) groups excluding carboxylic acids is 4. The molecule has 66 heavy (non-hydrogen) atoms. The van der Waals surface area contributed by atoms with Crippen molar-refractivity contribution in [3.05, 3.63) is 179 Å². The van der Waals surface area contributed by atoms with Crippen LogP contribution in [-0.2, 0) is 40.9 Å². The molecule has 0 spiro atoms. The summed E-state index contributed by atoms with van der Waals surface area (Å²) < 4.78 is 14.0. The van der Waals surface area contributed by atoms with Crippen LogP contribution in [0.15, 0.2) is 151 Å². The van der Waals surface area contributed by atoms with Crippen molar-refractivity contribution in [3.63, 3.8) is 0 Å². The quantitative estimate of drug-likeness (QED) is 0.122. The van der Waals surface area contributed by atoms with Crippen molar-refractivity contribution >= 4 is 94.0 Å². The third-order valence-electron chi connectivity index (χ3n) is 12.2. The third kappa shape index (κ3) is 9.47. The van der Waals surface area contributed by atoms with E-state index in [1.165, 1.54) is 18.3 Å². The average molecular weight is 1000 g/mol. The SMILES string of the molecule is CC(=O)C1=C(C)NC(C)=C(C(=O)OCc2cccc(Cl)c2)C1c1csc2ncccc12.CC(=O)C1=C(C)NC(C2CC2)=C(C(=O)OC(C)(C)c2ccccc2)C1c1csc2c(Br)cccc12. The fourth-order valence-corrected chi connectivity index (χ4v) is 11.8. The number of nitrogens with one attached hydrogen (secondary N) is 2. The number of allylic oxidation sites excluding steroid dienone is 6. The van der Waals surface area contributed by atoms with E-state index in [4.69, 9.17) is 21.1 Å². The van der Waals surface area contributed by atoms with E-state index in [9.17, 15) is 19.2 Å². The summed E-state index contributed by atoms with van der Waals surface area (Å²) in [6, 6.07) is 26.9. The zero-order valence-electron chi connectivity index (χ0n) is 37.6. The number of Topliss-reactive ketones (excluding diaryl/α,β-unsaturated/α-hetero) is 2. The number of fused-ring (bicyclic) bond motifs is 2. The fraction of sp³-hybridized carbons (Fsp3) is 0.264. The summed E-state index contributed by atoms with van der Waals surface area (Å²) in [5, 5.41) is 13.3. The van der Waals surface area contributed by atoms with E-state index in [0.29, 0.717) is 33.0 Å². The Morgan fingerprint density at radius 2 is 1.36 bits per heavy atom. The lowest BCUT2D eigenvalue weighted by atomic mass is 9.78. The number of hydrogen-bond acceptors (Lipinski definition) is 11. The molecule has 2 unspecified atom stereocenters. The molecule has 3 aliphatic rings. The molecule has 3 aromatic heterocycles. The van der Waals surface area contributed by atoms with Crippen molar-refractivity contribution in [2.75, 3.05) is 0 Å². The smallest absolute Gasteiger partial charge is 0.337 e. The number of rotatable bonds is 11. The number of aromatic nitrogens is 1. The molecule has 338 valence electrons. The molecule has 0 amide bonds. The highest BCUT2D eigenvalue weighted by Crippen LogP contribution is 2.50. The molecular weight excluding hydrogens is 954 g/mol. The van der Waals surface area contributed by atoms with Crippen LogP contribution in [0.3, 0.4) is 0 Å². The monoisotopic (exact) mass is 1000 g/mol. The number of benzene rings is 3. The maximum absolute atomic E-state index is 14.1. The van der Waals surface area contributed by atoms with Crippen LogP contribution in [0.4, 0.5) is 0 Å². The number of ether oxygens (including phenoxy) is 2.